The molecule has 1 amide bonds. The summed E-state index contributed by atoms with van der Waals surface area (Å²) in [4.78, 5) is 17.8. The summed E-state index contributed by atoms with van der Waals surface area (Å²) < 4.78 is 28.9. The van der Waals surface area contributed by atoms with Crippen LogP contribution in [0.25, 0.3) is 10.2 Å². The molecule has 1 saturated heterocycles. The van der Waals surface area contributed by atoms with Gasteiger partial charge < -0.3 is 4.74 Å². The van der Waals surface area contributed by atoms with Gasteiger partial charge in [-0.25, -0.2) is 13.4 Å². The lowest BCUT2D eigenvalue weighted by atomic mass is 10.3. The molecule has 6 nitrogen and oxygen atoms in total. The third-order valence-electron chi connectivity index (χ3n) is 3.31. The van der Waals surface area contributed by atoms with E-state index in [4.69, 9.17) is 15.4 Å². The second kappa shape index (κ2) is 5.11. The van der Waals surface area contributed by atoms with Crippen LogP contribution in [0.1, 0.15) is 6.42 Å². The highest BCUT2D eigenvalue weighted by Crippen LogP contribution is 2.36. The number of halogens is 1. The minimum atomic E-state index is -3.76. The van der Waals surface area contributed by atoms with Crippen molar-refractivity contribution in [3.8, 4) is 5.75 Å². The van der Waals surface area contributed by atoms with E-state index in [0.29, 0.717) is 16.4 Å². The van der Waals surface area contributed by atoms with Crippen LogP contribution in [0, 0.1) is 0 Å². The van der Waals surface area contributed by atoms with Gasteiger partial charge in [0, 0.05) is 23.6 Å². The second-order valence-corrected chi connectivity index (χ2v) is 8.53. The Morgan fingerprint density at radius 2 is 2.24 bits per heavy atom. The molecule has 9 heteroatoms. The molecule has 0 bridgehead atoms. The first-order valence-corrected chi connectivity index (χ1v) is 9.26. The molecule has 0 saturated carbocycles. The first kappa shape index (κ1) is 14.6. The summed E-state index contributed by atoms with van der Waals surface area (Å²) in [5.74, 6) is 0.324. The second-order valence-electron chi connectivity index (χ2n) is 4.61. The summed E-state index contributed by atoms with van der Waals surface area (Å²) in [6, 6.07) is 5.49. The van der Waals surface area contributed by atoms with Crippen molar-refractivity contribution >= 4 is 52.3 Å². The Bertz CT molecular complexity index is 818. The minimum absolute atomic E-state index is 0.0345. The Morgan fingerprint density at radius 1 is 1.48 bits per heavy atom. The van der Waals surface area contributed by atoms with E-state index in [2.05, 4.69) is 4.98 Å². The summed E-state index contributed by atoms with van der Waals surface area (Å²) in [5.41, 5.74) is 0.657. The molecular weight excluding hydrogens is 336 g/mol. The molecule has 0 aliphatic carbocycles. The summed E-state index contributed by atoms with van der Waals surface area (Å²) >= 11 is 1.32. The molecule has 0 spiro atoms. The minimum Gasteiger partial charge on any atom is -0.494 e. The number of methoxy groups -OCH3 is 1. The lowest BCUT2D eigenvalue weighted by molar-refractivity contribution is -0.117. The maximum atomic E-state index is 12.0. The Morgan fingerprint density at radius 3 is 2.86 bits per heavy atom. The van der Waals surface area contributed by atoms with E-state index >= 15 is 0 Å². The van der Waals surface area contributed by atoms with Crippen LogP contribution < -0.4 is 9.64 Å². The van der Waals surface area contributed by atoms with Gasteiger partial charge in [0.15, 0.2) is 5.13 Å². The van der Waals surface area contributed by atoms with Crippen LogP contribution in [-0.4, -0.2) is 38.2 Å². The Kier molecular flexibility index (Phi) is 3.54. The maximum absolute atomic E-state index is 12.0. The molecule has 112 valence electrons. The van der Waals surface area contributed by atoms with Crippen molar-refractivity contribution in [2.75, 3.05) is 18.6 Å². The van der Waals surface area contributed by atoms with Gasteiger partial charge in [0.1, 0.15) is 16.5 Å². The first-order valence-electron chi connectivity index (χ1n) is 6.07. The maximum Gasteiger partial charge on any atom is 0.237 e. The number of thiazole rings is 1. The number of amides is 1. The summed E-state index contributed by atoms with van der Waals surface area (Å²) in [6.07, 6.45) is -0.112. The number of carbonyl (C=O) groups is 1. The largest absolute Gasteiger partial charge is 0.494 e. The average molecular weight is 347 g/mol. The Balaban J connectivity index is 2.00. The van der Waals surface area contributed by atoms with Crippen LogP contribution in [0.3, 0.4) is 0 Å². The number of hydrogen-bond donors (Lipinski definition) is 0. The third-order valence-corrected chi connectivity index (χ3v) is 6.22. The zero-order valence-corrected chi connectivity index (χ0v) is 13.3. The van der Waals surface area contributed by atoms with E-state index in [-0.39, 0.29) is 18.9 Å². The van der Waals surface area contributed by atoms with Crippen LogP contribution in [-0.2, 0) is 13.8 Å². The number of benzene rings is 1. The molecule has 1 aromatic carbocycles. The summed E-state index contributed by atoms with van der Waals surface area (Å²) in [7, 11) is 3.13. The molecular formula is C12H11ClN2O4S2. The predicted molar refractivity (Wildman–Crippen MR) is 81.7 cm³/mol. The van der Waals surface area contributed by atoms with Crippen molar-refractivity contribution in [2.24, 2.45) is 0 Å². The van der Waals surface area contributed by atoms with Crippen molar-refractivity contribution in [1.82, 2.24) is 4.98 Å². The monoisotopic (exact) mass is 346 g/mol. The zero-order chi connectivity index (χ0) is 15.2. The van der Waals surface area contributed by atoms with E-state index in [1.54, 1.807) is 13.2 Å². The summed E-state index contributed by atoms with van der Waals surface area (Å²) in [5, 5.41) is -0.428. The molecule has 1 unspecified atom stereocenters. The normalized spacial score (nSPS) is 19.4. The smallest absolute Gasteiger partial charge is 0.237 e. The van der Waals surface area contributed by atoms with Crippen LogP contribution in [0.4, 0.5) is 5.13 Å². The van der Waals surface area contributed by atoms with Crippen molar-refractivity contribution in [2.45, 2.75) is 11.7 Å². The highest BCUT2D eigenvalue weighted by molar-refractivity contribution is 8.14. The zero-order valence-electron chi connectivity index (χ0n) is 10.9. The standard InChI is InChI=1S/C12H11ClN2O4S2/c1-19-8-3-2-4-9-11(8)14-12(20-9)15-6-7(5-10(15)16)21(13,17)18/h2-4,7H,5-6H2,1H3. The van der Waals surface area contributed by atoms with Crippen molar-refractivity contribution in [3.63, 3.8) is 0 Å². The number of hydrogen-bond acceptors (Lipinski definition) is 6. The number of ether oxygens (including phenoxy) is 1. The molecule has 1 aliphatic rings. The average Bonchev–Trinajstić information content (AvgIpc) is 3.00. The topological polar surface area (TPSA) is 76.6 Å². The van der Waals surface area contributed by atoms with Crippen molar-refractivity contribution in [1.29, 1.82) is 0 Å². The van der Waals surface area contributed by atoms with Gasteiger partial charge in [0.25, 0.3) is 0 Å². The molecule has 2 aromatic rings. The van der Waals surface area contributed by atoms with Crippen molar-refractivity contribution in [3.05, 3.63) is 18.2 Å². The Labute approximate surface area is 129 Å². The van der Waals surface area contributed by atoms with E-state index in [9.17, 15) is 13.2 Å². The highest BCUT2D eigenvalue weighted by Gasteiger charge is 2.39. The number of anilines is 1. The predicted octanol–water partition coefficient (Wildman–Crippen LogP) is 1.98. The fraction of sp³-hybridized carbons (Fsp3) is 0.333. The highest BCUT2D eigenvalue weighted by atomic mass is 35.7. The van der Waals surface area contributed by atoms with Gasteiger partial charge in [-0.3, -0.25) is 9.69 Å². The molecule has 1 fully saturated rings. The van der Waals surface area contributed by atoms with Gasteiger partial charge in [-0.2, -0.15) is 0 Å². The van der Waals surface area contributed by atoms with E-state index in [1.165, 1.54) is 16.2 Å². The molecule has 0 N–H and O–H groups in total. The molecule has 1 aromatic heterocycles. The van der Waals surface area contributed by atoms with E-state index < -0.39 is 14.3 Å². The number of nitrogens with zero attached hydrogens (tertiary/aromatic N) is 2. The SMILES string of the molecule is COc1cccc2sc(N3CC(S(=O)(=O)Cl)CC3=O)nc12. The number of aromatic nitrogens is 1. The van der Waals surface area contributed by atoms with Crippen LogP contribution >= 0.6 is 22.0 Å². The van der Waals surface area contributed by atoms with Gasteiger partial charge in [0.05, 0.1) is 11.8 Å². The first-order chi connectivity index (χ1) is 9.90. The fourth-order valence-electron chi connectivity index (χ4n) is 2.24. The van der Waals surface area contributed by atoms with Gasteiger partial charge in [-0.15, -0.1) is 0 Å². The molecule has 2 heterocycles. The van der Waals surface area contributed by atoms with Gasteiger partial charge in [0.2, 0.25) is 15.0 Å². The van der Waals surface area contributed by atoms with Crippen LogP contribution in [0.15, 0.2) is 18.2 Å². The molecule has 21 heavy (non-hydrogen) atoms. The molecule has 0 radical (unpaired) electrons. The lowest BCUT2D eigenvalue weighted by Crippen LogP contribution is -2.26. The number of fused-ring (bicyclic) bond motifs is 1. The Hall–Kier alpha value is -1.38. The fourth-order valence-corrected chi connectivity index (χ4v) is 4.28. The van der Waals surface area contributed by atoms with Crippen LogP contribution in [0.5, 0.6) is 5.75 Å². The van der Waals surface area contributed by atoms with E-state index in [1.807, 2.05) is 12.1 Å². The third kappa shape index (κ3) is 2.58. The van der Waals surface area contributed by atoms with Crippen molar-refractivity contribution < 1.29 is 17.9 Å². The van der Waals surface area contributed by atoms with Gasteiger partial charge in [-0.1, -0.05) is 17.4 Å². The van der Waals surface area contributed by atoms with Gasteiger partial charge >= 0.3 is 0 Å². The summed E-state index contributed by atoms with van der Waals surface area (Å²) in [6.45, 7) is 0.0345. The number of rotatable bonds is 3. The number of para-hydroxylation sites is 1. The van der Waals surface area contributed by atoms with Crippen LogP contribution in [0.2, 0.25) is 0 Å². The molecule has 1 atom stereocenters. The quantitative estimate of drug-likeness (QED) is 0.794. The number of carbonyl (C=O) groups excluding carboxylic acids is 1. The van der Waals surface area contributed by atoms with Gasteiger partial charge in [-0.05, 0) is 12.1 Å². The molecule has 3 rings (SSSR count). The molecule has 1 aliphatic heterocycles. The van der Waals surface area contributed by atoms with E-state index in [0.717, 1.165) is 4.70 Å². The lowest BCUT2D eigenvalue weighted by Gasteiger charge is -2.11.